The summed E-state index contributed by atoms with van der Waals surface area (Å²) in [5.74, 6) is 0.912. The molecule has 0 spiro atoms. The summed E-state index contributed by atoms with van der Waals surface area (Å²) in [7, 11) is 0. The lowest BCUT2D eigenvalue weighted by atomic mass is 10.1. The molecule has 0 atom stereocenters. The average molecular weight is 342 g/mol. The normalized spacial score (nSPS) is 19.3. The van der Waals surface area contributed by atoms with Crippen LogP contribution in [0.5, 0.6) is 0 Å². The third kappa shape index (κ3) is 5.87. The zero-order valence-electron chi connectivity index (χ0n) is 15.2. The SMILES string of the molecule is CCNC(=NCc1cccc(CN2CCOCC2)c1)NC1CC=CC1. The first-order valence-electron chi connectivity index (χ1n) is 9.41. The van der Waals surface area contributed by atoms with Gasteiger partial charge in [0.2, 0.25) is 0 Å². The van der Waals surface area contributed by atoms with Crippen molar-refractivity contribution in [3.8, 4) is 0 Å². The maximum Gasteiger partial charge on any atom is 0.191 e. The molecule has 0 aromatic heterocycles. The molecule has 2 aliphatic rings. The summed E-state index contributed by atoms with van der Waals surface area (Å²) in [5.41, 5.74) is 2.61. The number of hydrogen-bond acceptors (Lipinski definition) is 3. The third-order valence-electron chi connectivity index (χ3n) is 4.61. The summed E-state index contributed by atoms with van der Waals surface area (Å²) < 4.78 is 5.43. The van der Waals surface area contributed by atoms with Gasteiger partial charge in [0, 0.05) is 32.2 Å². The predicted octanol–water partition coefficient (Wildman–Crippen LogP) is 2.29. The fraction of sp³-hybridized carbons (Fsp3) is 0.550. The maximum absolute atomic E-state index is 5.43. The molecule has 0 saturated carbocycles. The largest absolute Gasteiger partial charge is 0.379 e. The lowest BCUT2D eigenvalue weighted by Gasteiger charge is -2.26. The van der Waals surface area contributed by atoms with Gasteiger partial charge < -0.3 is 15.4 Å². The number of nitrogens with one attached hydrogen (secondary N) is 2. The van der Waals surface area contributed by atoms with E-state index in [1.807, 2.05) is 0 Å². The van der Waals surface area contributed by atoms with E-state index in [4.69, 9.17) is 9.73 Å². The first-order valence-corrected chi connectivity index (χ1v) is 9.41. The van der Waals surface area contributed by atoms with E-state index in [0.717, 1.165) is 58.2 Å². The highest BCUT2D eigenvalue weighted by Crippen LogP contribution is 2.12. The number of guanidine groups is 1. The summed E-state index contributed by atoms with van der Waals surface area (Å²) in [6, 6.07) is 9.26. The van der Waals surface area contributed by atoms with Gasteiger partial charge in [0.05, 0.1) is 19.8 Å². The van der Waals surface area contributed by atoms with Crippen molar-refractivity contribution in [1.29, 1.82) is 0 Å². The highest BCUT2D eigenvalue weighted by molar-refractivity contribution is 5.80. The molecule has 0 radical (unpaired) electrons. The molecule has 3 rings (SSSR count). The molecular weight excluding hydrogens is 312 g/mol. The summed E-state index contributed by atoms with van der Waals surface area (Å²) >= 11 is 0. The van der Waals surface area contributed by atoms with Crippen LogP contribution in [0, 0.1) is 0 Å². The number of ether oxygens (including phenoxy) is 1. The van der Waals surface area contributed by atoms with Crippen molar-refractivity contribution in [3.63, 3.8) is 0 Å². The van der Waals surface area contributed by atoms with Gasteiger partial charge in [0.25, 0.3) is 0 Å². The van der Waals surface area contributed by atoms with Gasteiger partial charge in [-0.25, -0.2) is 4.99 Å². The minimum absolute atomic E-state index is 0.477. The van der Waals surface area contributed by atoms with Gasteiger partial charge in [-0.2, -0.15) is 0 Å². The van der Waals surface area contributed by atoms with Crippen molar-refractivity contribution in [3.05, 3.63) is 47.5 Å². The van der Waals surface area contributed by atoms with Crippen LogP contribution in [0.3, 0.4) is 0 Å². The molecule has 2 N–H and O–H groups in total. The second-order valence-corrected chi connectivity index (χ2v) is 6.69. The average Bonchev–Trinajstić information content (AvgIpc) is 3.14. The molecule has 0 bridgehead atoms. The van der Waals surface area contributed by atoms with Crippen molar-refractivity contribution >= 4 is 5.96 Å². The van der Waals surface area contributed by atoms with Crippen LogP contribution in [0.25, 0.3) is 0 Å². The molecule has 1 heterocycles. The summed E-state index contributed by atoms with van der Waals surface area (Å²) in [5, 5.41) is 6.87. The lowest BCUT2D eigenvalue weighted by molar-refractivity contribution is 0.0342. The first kappa shape index (κ1) is 18.0. The number of nitrogens with zero attached hydrogens (tertiary/aromatic N) is 2. The van der Waals surface area contributed by atoms with E-state index in [9.17, 15) is 0 Å². The highest BCUT2D eigenvalue weighted by Gasteiger charge is 2.12. The highest BCUT2D eigenvalue weighted by atomic mass is 16.5. The Balaban J connectivity index is 1.57. The van der Waals surface area contributed by atoms with E-state index in [1.54, 1.807) is 0 Å². The van der Waals surface area contributed by atoms with Crippen molar-refractivity contribution in [2.75, 3.05) is 32.8 Å². The van der Waals surface area contributed by atoms with Crippen molar-refractivity contribution in [2.24, 2.45) is 4.99 Å². The van der Waals surface area contributed by atoms with E-state index in [0.29, 0.717) is 12.6 Å². The van der Waals surface area contributed by atoms with Crippen LogP contribution in [0.2, 0.25) is 0 Å². The van der Waals surface area contributed by atoms with E-state index in [2.05, 4.69) is 58.9 Å². The fourth-order valence-corrected chi connectivity index (χ4v) is 3.26. The van der Waals surface area contributed by atoms with Crippen LogP contribution < -0.4 is 10.6 Å². The molecule has 1 aliphatic heterocycles. The molecule has 5 nitrogen and oxygen atoms in total. The third-order valence-corrected chi connectivity index (χ3v) is 4.61. The zero-order chi connectivity index (χ0) is 17.3. The van der Waals surface area contributed by atoms with E-state index < -0.39 is 0 Å². The van der Waals surface area contributed by atoms with Crippen LogP contribution in [-0.2, 0) is 17.8 Å². The molecule has 5 heteroatoms. The number of rotatable bonds is 6. The standard InChI is InChI=1S/C20H30N4O/c1-2-21-20(23-19-8-3-4-9-19)22-15-17-6-5-7-18(14-17)16-24-10-12-25-13-11-24/h3-7,14,19H,2,8-13,15-16H2,1H3,(H2,21,22,23). The molecule has 1 aliphatic carbocycles. The Morgan fingerprint density at radius 1 is 1.20 bits per heavy atom. The number of aliphatic imine (C=N–C) groups is 1. The van der Waals surface area contributed by atoms with Crippen LogP contribution in [-0.4, -0.2) is 49.7 Å². The zero-order valence-corrected chi connectivity index (χ0v) is 15.2. The van der Waals surface area contributed by atoms with E-state index >= 15 is 0 Å². The fourth-order valence-electron chi connectivity index (χ4n) is 3.26. The number of hydrogen-bond donors (Lipinski definition) is 2. The molecule has 25 heavy (non-hydrogen) atoms. The van der Waals surface area contributed by atoms with E-state index in [1.165, 1.54) is 11.1 Å². The van der Waals surface area contributed by atoms with Crippen molar-refractivity contribution in [1.82, 2.24) is 15.5 Å². The van der Waals surface area contributed by atoms with Crippen molar-refractivity contribution in [2.45, 2.75) is 38.9 Å². The monoisotopic (exact) mass is 342 g/mol. The van der Waals surface area contributed by atoms with E-state index in [-0.39, 0.29) is 0 Å². The molecule has 1 aromatic carbocycles. The van der Waals surface area contributed by atoms with Gasteiger partial charge in [0.15, 0.2) is 5.96 Å². The molecule has 136 valence electrons. The smallest absolute Gasteiger partial charge is 0.191 e. The molecule has 1 fully saturated rings. The Bertz CT molecular complexity index is 585. The lowest BCUT2D eigenvalue weighted by Crippen LogP contribution is -2.42. The number of morpholine rings is 1. The molecule has 1 saturated heterocycles. The quantitative estimate of drug-likeness (QED) is 0.473. The van der Waals surface area contributed by atoms with Crippen LogP contribution in [0.15, 0.2) is 41.4 Å². The van der Waals surface area contributed by atoms with Crippen LogP contribution in [0.4, 0.5) is 0 Å². The Morgan fingerprint density at radius 3 is 2.72 bits per heavy atom. The second-order valence-electron chi connectivity index (χ2n) is 6.69. The van der Waals surface area contributed by atoms with Gasteiger partial charge in [-0.1, -0.05) is 36.4 Å². The van der Waals surface area contributed by atoms with Crippen LogP contribution in [0.1, 0.15) is 30.9 Å². The Kier molecular flexibility index (Phi) is 6.89. The molecule has 0 unspecified atom stereocenters. The van der Waals surface area contributed by atoms with Gasteiger partial charge in [-0.15, -0.1) is 0 Å². The summed E-state index contributed by atoms with van der Waals surface area (Å²) in [6.07, 6.45) is 6.63. The van der Waals surface area contributed by atoms with Gasteiger partial charge in [-0.3, -0.25) is 4.90 Å². The predicted molar refractivity (Wildman–Crippen MR) is 103 cm³/mol. The van der Waals surface area contributed by atoms with Gasteiger partial charge in [-0.05, 0) is 30.9 Å². The van der Waals surface area contributed by atoms with Gasteiger partial charge in [0.1, 0.15) is 0 Å². The summed E-state index contributed by atoms with van der Waals surface area (Å²) in [6.45, 7) is 8.41. The van der Waals surface area contributed by atoms with Crippen molar-refractivity contribution < 1.29 is 4.74 Å². The maximum atomic E-state index is 5.43. The molecule has 1 aromatic rings. The Hall–Kier alpha value is -1.85. The van der Waals surface area contributed by atoms with Crippen LogP contribution >= 0.6 is 0 Å². The van der Waals surface area contributed by atoms with Gasteiger partial charge >= 0.3 is 0 Å². The number of benzene rings is 1. The topological polar surface area (TPSA) is 48.9 Å². The minimum Gasteiger partial charge on any atom is -0.379 e. The molecular formula is C20H30N4O. The first-order chi connectivity index (χ1) is 12.3. The Labute approximate surface area is 151 Å². The Morgan fingerprint density at radius 2 is 1.96 bits per heavy atom. The minimum atomic E-state index is 0.477. The summed E-state index contributed by atoms with van der Waals surface area (Å²) in [4.78, 5) is 7.22. The second kappa shape index (κ2) is 9.59. The molecule has 0 amide bonds.